The Bertz CT molecular complexity index is 765. The number of hydrogen-bond donors (Lipinski definition) is 2. The molecule has 0 saturated heterocycles. The summed E-state index contributed by atoms with van der Waals surface area (Å²) in [7, 11) is 1.59. The number of rotatable bonds is 6. The van der Waals surface area contributed by atoms with Gasteiger partial charge in [-0.2, -0.15) is 0 Å². The van der Waals surface area contributed by atoms with Gasteiger partial charge < -0.3 is 15.4 Å². The standard InChI is InChI=1S/C20H22N2O3/c1-14(2)21-20(24)16-8-11-17(12-9-16)22-19(23)13-10-15-6-4-5-7-18(15)25-3/h4-14H,1-3H3,(H,21,24)(H,22,23)/b13-10+. The van der Waals surface area contributed by atoms with E-state index in [0.29, 0.717) is 17.0 Å². The van der Waals surface area contributed by atoms with E-state index in [1.165, 1.54) is 6.08 Å². The van der Waals surface area contributed by atoms with Gasteiger partial charge in [0.25, 0.3) is 5.91 Å². The number of ether oxygens (including phenoxy) is 1. The predicted octanol–water partition coefficient (Wildman–Crippen LogP) is 3.49. The molecule has 130 valence electrons. The van der Waals surface area contributed by atoms with E-state index < -0.39 is 0 Å². The van der Waals surface area contributed by atoms with Crippen molar-refractivity contribution in [3.05, 3.63) is 65.7 Å². The molecule has 0 aliphatic rings. The molecule has 2 N–H and O–H groups in total. The van der Waals surface area contributed by atoms with E-state index >= 15 is 0 Å². The SMILES string of the molecule is COc1ccccc1/C=C/C(=O)Nc1ccc(C(=O)NC(C)C)cc1. The topological polar surface area (TPSA) is 67.4 Å². The highest BCUT2D eigenvalue weighted by molar-refractivity contribution is 6.02. The average Bonchev–Trinajstić information content (AvgIpc) is 2.60. The van der Waals surface area contributed by atoms with E-state index in [-0.39, 0.29) is 17.9 Å². The maximum absolute atomic E-state index is 12.0. The van der Waals surface area contributed by atoms with E-state index in [9.17, 15) is 9.59 Å². The smallest absolute Gasteiger partial charge is 0.251 e. The Morgan fingerprint density at radius 3 is 2.36 bits per heavy atom. The van der Waals surface area contributed by atoms with Gasteiger partial charge in [-0.25, -0.2) is 0 Å². The molecule has 0 aliphatic carbocycles. The number of methoxy groups -OCH3 is 1. The summed E-state index contributed by atoms with van der Waals surface area (Å²) in [4.78, 5) is 23.9. The van der Waals surface area contributed by atoms with Crippen LogP contribution in [0.2, 0.25) is 0 Å². The van der Waals surface area contributed by atoms with E-state index in [1.807, 2.05) is 38.1 Å². The number of carbonyl (C=O) groups excluding carboxylic acids is 2. The van der Waals surface area contributed by atoms with Crippen LogP contribution < -0.4 is 15.4 Å². The average molecular weight is 338 g/mol. The van der Waals surface area contributed by atoms with Crippen molar-refractivity contribution in [3.63, 3.8) is 0 Å². The van der Waals surface area contributed by atoms with Crippen LogP contribution in [0.25, 0.3) is 6.08 Å². The zero-order chi connectivity index (χ0) is 18.2. The molecule has 0 unspecified atom stereocenters. The minimum atomic E-state index is -0.259. The van der Waals surface area contributed by atoms with E-state index in [4.69, 9.17) is 4.74 Å². The Hall–Kier alpha value is -3.08. The number of anilines is 1. The zero-order valence-electron chi connectivity index (χ0n) is 14.6. The quantitative estimate of drug-likeness (QED) is 0.792. The molecule has 2 aromatic carbocycles. The van der Waals surface area contributed by atoms with Crippen molar-refractivity contribution < 1.29 is 14.3 Å². The van der Waals surface area contributed by atoms with Gasteiger partial charge in [-0.15, -0.1) is 0 Å². The third kappa shape index (κ3) is 5.49. The largest absolute Gasteiger partial charge is 0.496 e. The molecule has 0 heterocycles. The van der Waals surface area contributed by atoms with E-state index in [2.05, 4.69) is 10.6 Å². The van der Waals surface area contributed by atoms with Crippen LogP contribution in [0.4, 0.5) is 5.69 Å². The summed E-state index contributed by atoms with van der Waals surface area (Å²) in [6.45, 7) is 3.81. The lowest BCUT2D eigenvalue weighted by Crippen LogP contribution is -2.29. The number of amides is 2. The van der Waals surface area contributed by atoms with Crippen molar-refractivity contribution >= 4 is 23.6 Å². The van der Waals surface area contributed by atoms with Crippen molar-refractivity contribution in [1.29, 1.82) is 0 Å². The van der Waals surface area contributed by atoms with Crippen molar-refractivity contribution in [3.8, 4) is 5.75 Å². The molecule has 5 nitrogen and oxygen atoms in total. The molecule has 0 fully saturated rings. The fourth-order valence-corrected chi connectivity index (χ4v) is 2.20. The summed E-state index contributed by atoms with van der Waals surface area (Å²) in [5.41, 5.74) is 1.99. The zero-order valence-corrected chi connectivity index (χ0v) is 14.6. The van der Waals surface area contributed by atoms with Gasteiger partial charge in [0.2, 0.25) is 5.91 Å². The van der Waals surface area contributed by atoms with Gasteiger partial charge in [0, 0.05) is 28.9 Å². The maximum atomic E-state index is 12.0. The summed E-state index contributed by atoms with van der Waals surface area (Å²) in [6.07, 6.45) is 3.13. The molecule has 25 heavy (non-hydrogen) atoms. The molecule has 0 bridgehead atoms. The maximum Gasteiger partial charge on any atom is 0.251 e. The first kappa shape index (κ1) is 18.3. The van der Waals surface area contributed by atoms with Crippen LogP contribution in [-0.4, -0.2) is 25.0 Å². The van der Waals surface area contributed by atoms with Crippen molar-refractivity contribution in [2.45, 2.75) is 19.9 Å². The van der Waals surface area contributed by atoms with Crippen LogP contribution in [0.5, 0.6) is 5.75 Å². The molecule has 0 aliphatic heterocycles. The van der Waals surface area contributed by atoms with Crippen LogP contribution in [0, 0.1) is 0 Å². The molecule has 0 radical (unpaired) electrons. The highest BCUT2D eigenvalue weighted by Crippen LogP contribution is 2.18. The Balaban J connectivity index is 1.98. The minimum Gasteiger partial charge on any atom is -0.496 e. The van der Waals surface area contributed by atoms with Crippen LogP contribution >= 0.6 is 0 Å². The second-order valence-electron chi connectivity index (χ2n) is 5.77. The first-order valence-electron chi connectivity index (χ1n) is 8.02. The molecular weight excluding hydrogens is 316 g/mol. The Morgan fingerprint density at radius 1 is 1.04 bits per heavy atom. The number of hydrogen-bond acceptors (Lipinski definition) is 3. The van der Waals surface area contributed by atoms with Crippen LogP contribution in [0.15, 0.2) is 54.6 Å². The van der Waals surface area contributed by atoms with Gasteiger partial charge in [0.1, 0.15) is 5.75 Å². The number of nitrogens with one attached hydrogen (secondary N) is 2. The monoisotopic (exact) mass is 338 g/mol. The van der Waals surface area contributed by atoms with Gasteiger partial charge in [-0.3, -0.25) is 9.59 Å². The number of benzene rings is 2. The number of para-hydroxylation sites is 1. The van der Waals surface area contributed by atoms with Gasteiger partial charge in [-0.1, -0.05) is 18.2 Å². The van der Waals surface area contributed by atoms with Crippen LogP contribution in [-0.2, 0) is 4.79 Å². The summed E-state index contributed by atoms with van der Waals surface area (Å²) in [5.74, 6) is 0.307. The second kappa shape index (κ2) is 8.68. The Morgan fingerprint density at radius 2 is 1.72 bits per heavy atom. The molecule has 2 rings (SSSR count). The highest BCUT2D eigenvalue weighted by atomic mass is 16.5. The first-order chi connectivity index (χ1) is 12.0. The number of carbonyl (C=O) groups is 2. The lowest BCUT2D eigenvalue weighted by Gasteiger charge is -2.09. The lowest BCUT2D eigenvalue weighted by atomic mass is 10.1. The van der Waals surface area contributed by atoms with Gasteiger partial charge in [0.15, 0.2) is 0 Å². The van der Waals surface area contributed by atoms with Crippen molar-refractivity contribution in [2.75, 3.05) is 12.4 Å². The summed E-state index contributed by atoms with van der Waals surface area (Å²) >= 11 is 0. The molecule has 2 amide bonds. The molecule has 0 spiro atoms. The van der Waals surface area contributed by atoms with Crippen LogP contribution in [0.1, 0.15) is 29.8 Å². The second-order valence-corrected chi connectivity index (χ2v) is 5.77. The van der Waals surface area contributed by atoms with E-state index in [1.54, 1.807) is 37.5 Å². The van der Waals surface area contributed by atoms with Gasteiger partial charge in [-0.05, 0) is 50.3 Å². The molecule has 0 saturated carbocycles. The Labute approximate surface area is 147 Å². The van der Waals surface area contributed by atoms with Gasteiger partial charge in [0.05, 0.1) is 7.11 Å². The molecule has 2 aromatic rings. The normalized spacial score (nSPS) is 10.7. The first-order valence-corrected chi connectivity index (χ1v) is 8.02. The minimum absolute atomic E-state index is 0.0759. The third-order valence-electron chi connectivity index (χ3n) is 3.39. The van der Waals surface area contributed by atoms with Crippen LogP contribution in [0.3, 0.4) is 0 Å². The summed E-state index contributed by atoms with van der Waals surface area (Å²) < 4.78 is 5.24. The van der Waals surface area contributed by atoms with Gasteiger partial charge >= 0.3 is 0 Å². The fourth-order valence-electron chi connectivity index (χ4n) is 2.20. The molecular formula is C20H22N2O3. The van der Waals surface area contributed by atoms with Crippen molar-refractivity contribution in [2.24, 2.45) is 0 Å². The highest BCUT2D eigenvalue weighted by Gasteiger charge is 2.07. The lowest BCUT2D eigenvalue weighted by molar-refractivity contribution is -0.111. The third-order valence-corrected chi connectivity index (χ3v) is 3.39. The predicted molar refractivity (Wildman–Crippen MR) is 99.7 cm³/mol. The Kier molecular flexibility index (Phi) is 6.34. The van der Waals surface area contributed by atoms with E-state index in [0.717, 1.165) is 5.56 Å². The molecule has 0 atom stereocenters. The summed E-state index contributed by atoms with van der Waals surface area (Å²) in [5, 5.41) is 5.58. The van der Waals surface area contributed by atoms with Crippen molar-refractivity contribution in [1.82, 2.24) is 5.32 Å². The molecule has 0 aromatic heterocycles. The summed E-state index contributed by atoms with van der Waals surface area (Å²) in [6, 6.07) is 14.3. The molecule has 5 heteroatoms. The fraction of sp³-hybridized carbons (Fsp3) is 0.200.